The van der Waals surface area contributed by atoms with E-state index in [-0.39, 0.29) is 34.0 Å². The fourth-order valence-electron chi connectivity index (χ4n) is 4.05. The molecule has 0 bridgehead atoms. The maximum absolute atomic E-state index is 13.9. The summed E-state index contributed by atoms with van der Waals surface area (Å²) in [7, 11) is 0. The normalized spacial score (nSPS) is 14.6. The quantitative estimate of drug-likeness (QED) is 0.448. The fourth-order valence-corrected chi connectivity index (χ4v) is 4.92. The second-order valence-corrected chi connectivity index (χ2v) is 9.34. The summed E-state index contributed by atoms with van der Waals surface area (Å²) in [5.74, 6) is -0.976. The lowest BCUT2D eigenvalue weighted by Gasteiger charge is -2.30. The number of anilines is 2. The molecule has 34 heavy (non-hydrogen) atoms. The van der Waals surface area contributed by atoms with E-state index in [2.05, 4.69) is 9.69 Å². The molecule has 3 aromatic rings. The van der Waals surface area contributed by atoms with Crippen LogP contribution in [0.2, 0.25) is 5.02 Å². The highest BCUT2D eigenvalue weighted by molar-refractivity contribution is 7.09. The van der Waals surface area contributed by atoms with Gasteiger partial charge >= 0.3 is 0 Å². The van der Waals surface area contributed by atoms with Crippen LogP contribution >= 0.6 is 23.1 Å². The minimum atomic E-state index is -1.14. The first-order valence-electron chi connectivity index (χ1n) is 10.8. The fraction of sp³-hybridized carbons (Fsp3) is 0.304. The Hall–Kier alpha value is -3.37. The Morgan fingerprint density at radius 2 is 1.85 bits per heavy atom. The van der Waals surface area contributed by atoms with Crippen molar-refractivity contribution in [2.24, 2.45) is 5.73 Å². The number of primary amides is 1. The molecule has 5 N–H and O–H groups in total. The summed E-state index contributed by atoms with van der Waals surface area (Å²) in [6.45, 7) is 1.75. The van der Waals surface area contributed by atoms with E-state index in [0.29, 0.717) is 16.5 Å². The molecule has 0 saturated heterocycles. The van der Waals surface area contributed by atoms with E-state index in [0.717, 1.165) is 37.2 Å². The molecule has 1 fully saturated rings. The third kappa shape index (κ3) is 4.78. The molecule has 1 atom stereocenters. The van der Waals surface area contributed by atoms with Crippen molar-refractivity contribution in [2.75, 3.05) is 10.6 Å². The summed E-state index contributed by atoms with van der Waals surface area (Å²) in [4.78, 5) is 40.4. The van der Waals surface area contributed by atoms with E-state index >= 15 is 0 Å². The van der Waals surface area contributed by atoms with Crippen molar-refractivity contribution >= 4 is 52.2 Å². The second-order valence-electron chi connectivity index (χ2n) is 8.13. The Bertz CT molecular complexity index is 1220. The van der Waals surface area contributed by atoms with Crippen LogP contribution in [0.5, 0.6) is 0 Å². The number of hydrogen-bond donors (Lipinski definition) is 3. The molecule has 0 spiro atoms. The maximum Gasteiger partial charge on any atom is 0.273 e. The number of nitrogens with two attached hydrogens (primary N) is 2. The van der Waals surface area contributed by atoms with Crippen LogP contribution in [-0.4, -0.2) is 28.1 Å². The van der Waals surface area contributed by atoms with Gasteiger partial charge in [-0.2, -0.15) is 4.37 Å². The second kappa shape index (κ2) is 9.86. The summed E-state index contributed by atoms with van der Waals surface area (Å²) >= 11 is 6.82. The van der Waals surface area contributed by atoms with Gasteiger partial charge in [-0.05, 0) is 67.7 Å². The predicted octanol–water partition coefficient (Wildman–Crippen LogP) is 3.83. The summed E-state index contributed by atoms with van der Waals surface area (Å²) in [6.07, 6.45) is 3.80. The zero-order chi connectivity index (χ0) is 24.4. The number of nitrogens with zero attached hydrogens (tertiary/aromatic N) is 2. The molecule has 9 nitrogen and oxygen atoms in total. The predicted molar refractivity (Wildman–Crippen MR) is 130 cm³/mol. The molecule has 178 valence electrons. The number of hydrogen-bond acceptors (Lipinski definition) is 7. The minimum absolute atomic E-state index is 0.00862. The first kappa shape index (κ1) is 23.8. The SMILES string of the molecule is Cc1ccc([C@H](C(=O)NC2CCCC2)N(C(=O)c2snc(C(N)=O)c2N)c2ccc(Cl)cc2)o1. The number of aryl methyl sites for hydroxylation is 1. The van der Waals surface area contributed by atoms with Crippen molar-refractivity contribution in [3.05, 3.63) is 63.5 Å². The minimum Gasteiger partial charge on any atom is -0.464 e. The molecule has 1 aliphatic carbocycles. The number of carbonyl (C=O) groups is 3. The van der Waals surface area contributed by atoms with Crippen LogP contribution in [0.4, 0.5) is 11.4 Å². The van der Waals surface area contributed by atoms with E-state index < -0.39 is 17.9 Å². The van der Waals surface area contributed by atoms with Gasteiger partial charge in [0.15, 0.2) is 11.7 Å². The summed E-state index contributed by atoms with van der Waals surface area (Å²) in [6, 6.07) is 8.74. The van der Waals surface area contributed by atoms with Crippen LogP contribution < -0.4 is 21.7 Å². The summed E-state index contributed by atoms with van der Waals surface area (Å²) < 4.78 is 9.76. The Kier molecular flexibility index (Phi) is 6.90. The van der Waals surface area contributed by atoms with E-state index in [9.17, 15) is 14.4 Å². The van der Waals surface area contributed by atoms with E-state index in [1.165, 1.54) is 4.90 Å². The van der Waals surface area contributed by atoms with Gasteiger partial charge in [0, 0.05) is 16.8 Å². The van der Waals surface area contributed by atoms with Crippen LogP contribution in [0, 0.1) is 6.92 Å². The molecule has 0 radical (unpaired) electrons. The van der Waals surface area contributed by atoms with Crippen LogP contribution in [0.1, 0.15) is 63.4 Å². The van der Waals surface area contributed by atoms with Crippen molar-refractivity contribution < 1.29 is 18.8 Å². The smallest absolute Gasteiger partial charge is 0.273 e. The Labute approximate surface area is 205 Å². The van der Waals surface area contributed by atoms with Crippen molar-refractivity contribution in [1.29, 1.82) is 0 Å². The van der Waals surface area contributed by atoms with Gasteiger partial charge in [0.05, 0.1) is 5.69 Å². The number of carbonyl (C=O) groups excluding carboxylic acids is 3. The number of amides is 3. The number of nitrogens with one attached hydrogen (secondary N) is 1. The highest BCUT2D eigenvalue weighted by Gasteiger charge is 2.38. The van der Waals surface area contributed by atoms with Gasteiger partial charge < -0.3 is 21.2 Å². The van der Waals surface area contributed by atoms with Gasteiger partial charge in [0.1, 0.15) is 16.4 Å². The van der Waals surface area contributed by atoms with E-state index in [4.69, 9.17) is 27.5 Å². The first-order valence-corrected chi connectivity index (χ1v) is 11.9. The largest absolute Gasteiger partial charge is 0.464 e. The molecule has 11 heteroatoms. The highest BCUT2D eigenvalue weighted by atomic mass is 35.5. The standard InChI is InChI=1S/C23H24ClN5O4S/c1-12-6-11-16(33-12)19(22(31)27-14-4-2-3-5-14)29(15-9-7-13(24)8-10-15)23(32)20-17(25)18(21(26)30)28-34-20/h6-11,14,19H,2-5,25H2,1H3,(H2,26,30)(H,27,31)/t19-/m1/s1. The Morgan fingerprint density at radius 1 is 1.18 bits per heavy atom. The third-order valence-corrected chi connectivity index (χ3v) is 6.82. The molecule has 0 unspecified atom stereocenters. The van der Waals surface area contributed by atoms with Crippen LogP contribution in [-0.2, 0) is 4.79 Å². The number of halogens is 1. The van der Waals surface area contributed by atoms with Crippen molar-refractivity contribution in [2.45, 2.75) is 44.7 Å². The van der Waals surface area contributed by atoms with Gasteiger partial charge in [0.25, 0.3) is 17.7 Å². The molecule has 3 amide bonds. The lowest BCUT2D eigenvalue weighted by atomic mass is 10.1. The van der Waals surface area contributed by atoms with E-state index in [1.54, 1.807) is 43.3 Å². The van der Waals surface area contributed by atoms with Gasteiger partial charge in [-0.3, -0.25) is 19.3 Å². The van der Waals surface area contributed by atoms with Gasteiger partial charge in [-0.15, -0.1) is 0 Å². The number of nitrogen functional groups attached to an aromatic ring is 1. The molecule has 1 aromatic carbocycles. The highest BCUT2D eigenvalue weighted by Crippen LogP contribution is 2.34. The van der Waals surface area contributed by atoms with Crippen LogP contribution in [0.3, 0.4) is 0 Å². The monoisotopic (exact) mass is 501 g/mol. The van der Waals surface area contributed by atoms with Crippen molar-refractivity contribution in [3.8, 4) is 0 Å². The molecule has 2 aromatic heterocycles. The lowest BCUT2D eigenvalue weighted by Crippen LogP contribution is -2.46. The van der Waals surface area contributed by atoms with Crippen LogP contribution in [0.15, 0.2) is 40.8 Å². The first-order chi connectivity index (χ1) is 16.3. The Balaban J connectivity index is 1.82. The average Bonchev–Trinajstić information content (AvgIpc) is 3.54. The number of aromatic nitrogens is 1. The zero-order valence-corrected chi connectivity index (χ0v) is 20.0. The Morgan fingerprint density at radius 3 is 2.41 bits per heavy atom. The lowest BCUT2D eigenvalue weighted by molar-refractivity contribution is -0.123. The van der Waals surface area contributed by atoms with Gasteiger partial charge in [-0.1, -0.05) is 24.4 Å². The average molecular weight is 502 g/mol. The van der Waals surface area contributed by atoms with Crippen molar-refractivity contribution in [1.82, 2.24) is 9.69 Å². The topological polar surface area (TPSA) is 145 Å². The maximum atomic E-state index is 13.9. The molecule has 4 rings (SSSR count). The number of furan rings is 1. The van der Waals surface area contributed by atoms with Crippen LogP contribution in [0.25, 0.3) is 0 Å². The van der Waals surface area contributed by atoms with Gasteiger partial charge in [-0.25, -0.2) is 0 Å². The zero-order valence-electron chi connectivity index (χ0n) is 18.4. The van der Waals surface area contributed by atoms with Gasteiger partial charge in [0.2, 0.25) is 0 Å². The number of benzene rings is 1. The summed E-state index contributed by atoms with van der Waals surface area (Å²) in [5, 5.41) is 3.52. The van der Waals surface area contributed by atoms with E-state index in [1.807, 2.05) is 0 Å². The number of rotatable bonds is 7. The molecule has 1 saturated carbocycles. The molecular weight excluding hydrogens is 478 g/mol. The third-order valence-electron chi connectivity index (χ3n) is 5.72. The summed E-state index contributed by atoms with van der Waals surface area (Å²) in [5.41, 5.74) is 11.5. The molecule has 1 aliphatic rings. The molecular formula is C23H24ClN5O4S. The molecule has 0 aliphatic heterocycles. The molecule has 2 heterocycles. The van der Waals surface area contributed by atoms with Crippen molar-refractivity contribution in [3.63, 3.8) is 0 Å².